The normalized spacial score (nSPS) is 9.81. The van der Waals surface area contributed by atoms with E-state index >= 15 is 0 Å². The molecule has 1 aromatic carbocycles. The van der Waals surface area contributed by atoms with Crippen molar-refractivity contribution in [2.24, 2.45) is 5.73 Å². The minimum absolute atomic E-state index is 0.203. The molecule has 0 radical (unpaired) electrons. The summed E-state index contributed by atoms with van der Waals surface area (Å²) >= 11 is 3.26. The molecule has 0 saturated heterocycles. The summed E-state index contributed by atoms with van der Waals surface area (Å²) < 4.78 is 5.78. The third-order valence-corrected chi connectivity index (χ3v) is 2.35. The van der Waals surface area contributed by atoms with Crippen LogP contribution < -0.4 is 5.73 Å². The number of carbonyl (C=O) groups excluding carboxylic acids is 2. The van der Waals surface area contributed by atoms with Gasteiger partial charge in [0.25, 0.3) is 0 Å². The van der Waals surface area contributed by atoms with Gasteiger partial charge in [-0.05, 0) is 24.6 Å². The van der Waals surface area contributed by atoms with E-state index in [0.29, 0.717) is 12.0 Å². The largest absolute Gasteiger partial charge is 0.462 e. The number of amides is 1. The number of hydrogen-bond donors (Lipinski definition) is 1. The van der Waals surface area contributed by atoms with Gasteiger partial charge in [0.15, 0.2) is 0 Å². The minimum Gasteiger partial charge on any atom is -0.462 e. The van der Waals surface area contributed by atoms with E-state index in [4.69, 9.17) is 10.5 Å². The van der Waals surface area contributed by atoms with Crippen molar-refractivity contribution in [1.82, 2.24) is 0 Å². The maximum absolute atomic E-state index is 11.5. The molecule has 0 atom stereocenters. The second-order valence-corrected chi connectivity index (χ2v) is 4.13. The van der Waals surface area contributed by atoms with Crippen LogP contribution in [-0.4, -0.2) is 18.5 Å². The lowest BCUT2D eigenvalue weighted by molar-refractivity contribution is -0.118. The maximum atomic E-state index is 11.5. The molecule has 0 unspecified atom stereocenters. The molecule has 1 amide bonds. The molecule has 0 aromatic heterocycles. The van der Waals surface area contributed by atoms with Gasteiger partial charge in [-0.15, -0.1) is 0 Å². The highest BCUT2D eigenvalue weighted by atomic mass is 79.9. The molecule has 0 bridgehead atoms. The summed E-state index contributed by atoms with van der Waals surface area (Å²) in [6.45, 7) is 0.203. The van der Waals surface area contributed by atoms with Gasteiger partial charge in [-0.1, -0.05) is 22.0 Å². The molecular formula is C11H12BrNO3. The smallest absolute Gasteiger partial charge is 0.338 e. The van der Waals surface area contributed by atoms with Crippen LogP contribution in [0.5, 0.6) is 0 Å². The summed E-state index contributed by atoms with van der Waals surface area (Å²) in [7, 11) is 0. The monoisotopic (exact) mass is 285 g/mol. The van der Waals surface area contributed by atoms with Crippen LogP contribution in [0.2, 0.25) is 0 Å². The molecule has 1 aromatic rings. The topological polar surface area (TPSA) is 69.4 Å². The lowest BCUT2D eigenvalue weighted by Gasteiger charge is -2.04. The van der Waals surface area contributed by atoms with Gasteiger partial charge in [0.05, 0.1) is 12.2 Å². The Labute approximate surface area is 102 Å². The van der Waals surface area contributed by atoms with Gasteiger partial charge in [0.2, 0.25) is 5.91 Å². The van der Waals surface area contributed by atoms with Crippen molar-refractivity contribution < 1.29 is 14.3 Å². The molecule has 5 heteroatoms. The van der Waals surface area contributed by atoms with Gasteiger partial charge in [-0.3, -0.25) is 4.79 Å². The van der Waals surface area contributed by atoms with Crippen molar-refractivity contribution >= 4 is 27.8 Å². The third kappa shape index (κ3) is 4.44. The summed E-state index contributed by atoms with van der Waals surface area (Å²) in [5, 5.41) is 0. The van der Waals surface area contributed by atoms with Crippen LogP contribution in [0.4, 0.5) is 0 Å². The molecule has 4 nitrogen and oxygen atoms in total. The highest BCUT2D eigenvalue weighted by Gasteiger charge is 2.06. The molecule has 0 fully saturated rings. The molecule has 16 heavy (non-hydrogen) atoms. The highest BCUT2D eigenvalue weighted by Crippen LogP contribution is 2.12. The molecule has 0 aliphatic rings. The van der Waals surface area contributed by atoms with Crippen molar-refractivity contribution in [1.29, 1.82) is 0 Å². The fourth-order valence-corrected chi connectivity index (χ4v) is 1.51. The van der Waals surface area contributed by atoms with E-state index in [2.05, 4.69) is 15.9 Å². The predicted molar refractivity (Wildman–Crippen MR) is 62.9 cm³/mol. The van der Waals surface area contributed by atoms with E-state index in [0.717, 1.165) is 4.47 Å². The van der Waals surface area contributed by atoms with Crippen LogP contribution in [0.25, 0.3) is 0 Å². The van der Waals surface area contributed by atoms with Crippen LogP contribution in [-0.2, 0) is 9.53 Å². The Morgan fingerprint density at radius 1 is 1.38 bits per heavy atom. The van der Waals surface area contributed by atoms with Crippen LogP contribution in [0.3, 0.4) is 0 Å². The number of benzene rings is 1. The number of ether oxygens (including phenoxy) is 1. The van der Waals surface area contributed by atoms with E-state index in [1.54, 1.807) is 18.2 Å². The Morgan fingerprint density at radius 2 is 2.12 bits per heavy atom. The average molecular weight is 286 g/mol. The van der Waals surface area contributed by atoms with Crippen molar-refractivity contribution in [3.63, 3.8) is 0 Å². The van der Waals surface area contributed by atoms with E-state index in [1.807, 2.05) is 6.07 Å². The molecule has 0 aliphatic heterocycles. The summed E-state index contributed by atoms with van der Waals surface area (Å²) in [5.41, 5.74) is 5.43. The van der Waals surface area contributed by atoms with E-state index in [9.17, 15) is 9.59 Å². The number of nitrogens with two attached hydrogens (primary N) is 1. The van der Waals surface area contributed by atoms with Crippen LogP contribution in [0.15, 0.2) is 28.7 Å². The number of carbonyl (C=O) groups is 2. The van der Waals surface area contributed by atoms with Crippen molar-refractivity contribution in [2.75, 3.05) is 6.61 Å². The standard InChI is InChI=1S/C11H12BrNO3/c12-9-4-1-3-8(7-9)11(15)16-6-2-5-10(13)14/h1,3-4,7H,2,5-6H2,(H2,13,14). The Bertz CT molecular complexity index is 393. The molecule has 0 aliphatic carbocycles. The Hall–Kier alpha value is -1.36. The second kappa shape index (κ2) is 6.27. The molecule has 0 heterocycles. The number of esters is 1. The van der Waals surface area contributed by atoms with Crippen LogP contribution in [0.1, 0.15) is 23.2 Å². The third-order valence-electron chi connectivity index (χ3n) is 1.86. The first kappa shape index (κ1) is 12.7. The lowest BCUT2D eigenvalue weighted by atomic mass is 10.2. The summed E-state index contributed by atoms with van der Waals surface area (Å²) in [6, 6.07) is 6.92. The molecular weight excluding hydrogens is 274 g/mol. The zero-order chi connectivity index (χ0) is 12.0. The number of halogens is 1. The van der Waals surface area contributed by atoms with Gasteiger partial charge in [-0.25, -0.2) is 4.79 Å². The summed E-state index contributed by atoms with van der Waals surface area (Å²) in [6.07, 6.45) is 0.681. The number of primary amides is 1. The van der Waals surface area contributed by atoms with E-state index < -0.39 is 11.9 Å². The Balaban J connectivity index is 2.38. The summed E-state index contributed by atoms with van der Waals surface area (Å²) in [5.74, 6) is -0.788. The SMILES string of the molecule is NC(=O)CCCOC(=O)c1cccc(Br)c1. The Morgan fingerprint density at radius 3 is 2.75 bits per heavy atom. The number of rotatable bonds is 5. The van der Waals surface area contributed by atoms with Crippen LogP contribution in [0, 0.1) is 0 Å². The molecule has 2 N–H and O–H groups in total. The summed E-state index contributed by atoms with van der Waals surface area (Å²) in [4.78, 5) is 21.9. The average Bonchev–Trinajstić information content (AvgIpc) is 2.24. The molecule has 1 rings (SSSR count). The molecule has 0 spiro atoms. The first-order chi connectivity index (χ1) is 7.59. The highest BCUT2D eigenvalue weighted by molar-refractivity contribution is 9.10. The maximum Gasteiger partial charge on any atom is 0.338 e. The first-order valence-corrected chi connectivity index (χ1v) is 5.60. The fraction of sp³-hybridized carbons (Fsp3) is 0.273. The van der Waals surface area contributed by atoms with Gasteiger partial charge >= 0.3 is 5.97 Å². The molecule has 86 valence electrons. The second-order valence-electron chi connectivity index (χ2n) is 3.22. The van der Waals surface area contributed by atoms with E-state index in [1.165, 1.54) is 0 Å². The van der Waals surface area contributed by atoms with Crippen molar-refractivity contribution in [3.8, 4) is 0 Å². The molecule has 0 saturated carbocycles. The Kier molecular flexibility index (Phi) is 4.98. The quantitative estimate of drug-likeness (QED) is 0.663. The zero-order valence-electron chi connectivity index (χ0n) is 8.61. The minimum atomic E-state index is -0.397. The van der Waals surface area contributed by atoms with Crippen LogP contribution >= 0.6 is 15.9 Å². The van der Waals surface area contributed by atoms with E-state index in [-0.39, 0.29) is 13.0 Å². The zero-order valence-corrected chi connectivity index (χ0v) is 10.2. The van der Waals surface area contributed by atoms with Crippen molar-refractivity contribution in [2.45, 2.75) is 12.8 Å². The fourth-order valence-electron chi connectivity index (χ4n) is 1.11. The van der Waals surface area contributed by atoms with Gasteiger partial charge < -0.3 is 10.5 Å². The van der Waals surface area contributed by atoms with Gasteiger partial charge in [0, 0.05) is 10.9 Å². The van der Waals surface area contributed by atoms with Crippen molar-refractivity contribution in [3.05, 3.63) is 34.3 Å². The predicted octanol–water partition coefficient (Wildman–Crippen LogP) is 1.87. The number of hydrogen-bond acceptors (Lipinski definition) is 3. The van der Waals surface area contributed by atoms with Gasteiger partial charge in [0.1, 0.15) is 0 Å². The first-order valence-electron chi connectivity index (χ1n) is 4.80. The van der Waals surface area contributed by atoms with Gasteiger partial charge in [-0.2, -0.15) is 0 Å². The lowest BCUT2D eigenvalue weighted by Crippen LogP contribution is -2.12.